The van der Waals surface area contributed by atoms with Crippen LogP contribution in [0.2, 0.25) is 0 Å². The first-order chi connectivity index (χ1) is 12.3. The van der Waals surface area contributed by atoms with Crippen molar-refractivity contribution in [1.82, 2.24) is 15.0 Å². The fourth-order valence-corrected chi connectivity index (χ4v) is 4.19. The maximum absolute atomic E-state index is 12.8. The number of aliphatic carboxylic acids is 1. The zero-order chi connectivity index (χ0) is 19.3. The van der Waals surface area contributed by atoms with E-state index in [9.17, 15) is 13.2 Å². The summed E-state index contributed by atoms with van der Waals surface area (Å²) in [5, 5.41) is 16.3. The van der Waals surface area contributed by atoms with Gasteiger partial charge in [0.2, 0.25) is 10.0 Å². The molecule has 142 valence electrons. The van der Waals surface area contributed by atoms with E-state index in [4.69, 9.17) is 17.3 Å². The number of carbonyl (C=O) groups is 1. The second-order valence-electron chi connectivity index (χ2n) is 5.93. The highest BCUT2D eigenvalue weighted by molar-refractivity contribution is 7.89. The molecule has 0 bridgehead atoms. The molecule has 8 nitrogen and oxygen atoms in total. The summed E-state index contributed by atoms with van der Waals surface area (Å²) in [6, 6.07) is 6.50. The Balaban J connectivity index is 2.18. The minimum absolute atomic E-state index is 0.162. The lowest BCUT2D eigenvalue weighted by Crippen LogP contribution is -2.40. The van der Waals surface area contributed by atoms with Crippen LogP contribution in [-0.2, 0) is 14.8 Å². The summed E-state index contributed by atoms with van der Waals surface area (Å²) < 4.78 is 27.0. The van der Waals surface area contributed by atoms with E-state index in [1.54, 1.807) is 32.2 Å². The first-order valence-corrected chi connectivity index (χ1v) is 9.96. The Morgan fingerprint density at radius 3 is 2.58 bits per heavy atom. The molecule has 1 aromatic rings. The van der Waals surface area contributed by atoms with Crippen LogP contribution in [0.4, 0.5) is 0 Å². The number of carboxylic acids is 1. The highest BCUT2D eigenvalue weighted by Crippen LogP contribution is 2.24. The van der Waals surface area contributed by atoms with Crippen molar-refractivity contribution in [1.29, 1.82) is 0 Å². The predicted molar refractivity (Wildman–Crippen MR) is 103 cm³/mol. The van der Waals surface area contributed by atoms with Crippen LogP contribution in [0.3, 0.4) is 0 Å². The van der Waals surface area contributed by atoms with Crippen molar-refractivity contribution >= 4 is 39.0 Å². The third-order valence-electron chi connectivity index (χ3n) is 4.24. The molecule has 1 aliphatic heterocycles. The van der Waals surface area contributed by atoms with Gasteiger partial charge in [-0.1, -0.05) is 12.1 Å². The van der Waals surface area contributed by atoms with Crippen LogP contribution < -0.4 is 10.7 Å². The van der Waals surface area contributed by atoms with Crippen LogP contribution in [-0.4, -0.2) is 54.8 Å². The lowest BCUT2D eigenvalue weighted by atomic mass is 9.99. The third kappa shape index (κ3) is 4.77. The standard InChI is InChI=1S/C16H22N4O4S2/c1-11(18-19-16(25)17-2)13-4-3-5-14(10-13)26(23,24)20-8-6-12(7-9-20)15(21)22/h3-5,10,12H,6-9H2,1-2H3,(H,21,22)(H2,17,19,25)/b18-11-. The van der Waals surface area contributed by atoms with Gasteiger partial charge in [-0.15, -0.1) is 0 Å². The summed E-state index contributed by atoms with van der Waals surface area (Å²) in [4.78, 5) is 11.2. The average Bonchev–Trinajstić information content (AvgIpc) is 2.65. The number of piperidine rings is 1. The average molecular weight is 399 g/mol. The molecule has 1 aliphatic rings. The minimum atomic E-state index is -3.68. The number of sulfonamides is 1. The first-order valence-electron chi connectivity index (χ1n) is 8.11. The summed E-state index contributed by atoms with van der Waals surface area (Å²) in [6.07, 6.45) is 0.639. The number of hydrazone groups is 1. The SMILES string of the molecule is CNC(=S)N/N=C(/C)c1cccc(S(=O)(=O)N2CCC(C(=O)O)CC2)c1. The minimum Gasteiger partial charge on any atom is -0.481 e. The highest BCUT2D eigenvalue weighted by atomic mass is 32.2. The second-order valence-corrected chi connectivity index (χ2v) is 8.28. The maximum Gasteiger partial charge on any atom is 0.306 e. The molecule has 0 aliphatic carbocycles. The largest absolute Gasteiger partial charge is 0.481 e. The van der Waals surface area contributed by atoms with Crippen LogP contribution >= 0.6 is 12.2 Å². The van der Waals surface area contributed by atoms with E-state index in [0.717, 1.165) is 0 Å². The van der Waals surface area contributed by atoms with Crippen LogP contribution in [0.15, 0.2) is 34.3 Å². The van der Waals surface area contributed by atoms with Gasteiger partial charge in [-0.2, -0.15) is 9.41 Å². The molecule has 26 heavy (non-hydrogen) atoms. The van der Waals surface area contributed by atoms with Crippen LogP contribution in [0.25, 0.3) is 0 Å². The molecule has 1 fully saturated rings. The van der Waals surface area contributed by atoms with Gasteiger partial charge in [0, 0.05) is 20.1 Å². The van der Waals surface area contributed by atoms with E-state index < -0.39 is 21.9 Å². The Kier molecular flexibility index (Phi) is 6.68. The fourth-order valence-electron chi connectivity index (χ4n) is 2.63. The Labute approximate surface area is 158 Å². The molecule has 0 spiro atoms. The molecular formula is C16H22N4O4S2. The third-order valence-corrected chi connectivity index (χ3v) is 6.44. The van der Waals surface area contributed by atoms with Gasteiger partial charge in [-0.3, -0.25) is 10.2 Å². The van der Waals surface area contributed by atoms with Crippen LogP contribution in [0.5, 0.6) is 0 Å². The van der Waals surface area contributed by atoms with E-state index in [-0.39, 0.29) is 18.0 Å². The maximum atomic E-state index is 12.8. The van der Waals surface area contributed by atoms with Crippen molar-refractivity contribution in [2.24, 2.45) is 11.0 Å². The number of carboxylic acid groups (broad SMARTS) is 1. The van der Waals surface area contributed by atoms with Gasteiger partial charge in [0.15, 0.2) is 5.11 Å². The van der Waals surface area contributed by atoms with Crippen molar-refractivity contribution in [2.45, 2.75) is 24.7 Å². The van der Waals surface area contributed by atoms with Crippen molar-refractivity contribution in [2.75, 3.05) is 20.1 Å². The number of rotatable bonds is 5. The monoisotopic (exact) mass is 398 g/mol. The number of nitrogens with zero attached hydrogens (tertiary/aromatic N) is 2. The van der Waals surface area contributed by atoms with Gasteiger partial charge in [-0.25, -0.2) is 8.42 Å². The first kappa shape index (κ1) is 20.3. The molecule has 1 aromatic carbocycles. The van der Waals surface area contributed by atoms with E-state index >= 15 is 0 Å². The summed E-state index contributed by atoms with van der Waals surface area (Å²) in [5.74, 6) is -1.35. The summed E-state index contributed by atoms with van der Waals surface area (Å²) >= 11 is 4.95. The number of hydrogen-bond donors (Lipinski definition) is 3. The van der Waals surface area contributed by atoms with E-state index in [2.05, 4.69) is 15.8 Å². The van der Waals surface area contributed by atoms with Crippen molar-refractivity contribution in [3.05, 3.63) is 29.8 Å². The van der Waals surface area contributed by atoms with Crippen LogP contribution in [0.1, 0.15) is 25.3 Å². The molecule has 1 saturated heterocycles. The summed E-state index contributed by atoms with van der Waals surface area (Å²) in [6.45, 7) is 2.15. The van der Waals surface area contributed by atoms with Gasteiger partial charge < -0.3 is 10.4 Å². The summed E-state index contributed by atoms with van der Waals surface area (Å²) in [5.41, 5.74) is 3.90. The van der Waals surface area contributed by atoms with E-state index in [1.807, 2.05) is 0 Å². The molecule has 0 aromatic heterocycles. The number of hydrogen-bond acceptors (Lipinski definition) is 5. The normalized spacial score (nSPS) is 16.9. The molecule has 0 unspecified atom stereocenters. The van der Waals surface area contributed by atoms with E-state index in [1.165, 1.54) is 10.4 Å². The molecule has 0 saturated carbocycles. The van der Waals surface area contributed by atoms with Gasteiger partial charge in [0.25, 0.3) is 0 Å². The van der Waals surface area contributed by atoms with Gasteiger partial charge >= 0.3 is 5.97 Å². The fraction of sp³-hybridized carbons (Fsp3) is 0.438. The second kappa shape index (κ2) is 8.56. The highest BCUT2D eigenvalue weighted by Gasteiger charge is 2.32. The quantitative estimate of drug-likeness (QED) is 0.385. The topological polar surface area (TPSA) is 111 Å². The van der Waals surface area contributed by atoms with Crippen molar-refractivity contribution < 1.29 is 18.3 Å². The molecule has 10 heteroatoms. The van der Waals surface area contributed by atoms with Crippen molar-refractivity contribution in [3.63, 3.8) is 0 Å². The molecular weight excluding hydrogens is 376 g/mol. The Morgan fingerprint density at radius 1 is 1.35 bits per heavy atom. The van der Waals surface area contributed by atoms with Gasteiger partial charge in [0.05, 0.1) is 16.5 Å². The molecule has 3 N–H and O–H groups in total. The smallest absolute Gasteiger partial charge is 0.306 e. The Hall–Kier alpha value is -2.04. The Morgan fingerprint density at radius 2 is 2.00 bits per heavy atom. The molecule has 0 atom stereocenters. The lowest BCUT2D eigenvalue weighted by molar-refractivity contribution is -0.142. The number of nitrogens with one attached hydrogen (secondary N) is 2. The number of thiocarbonyl (C=S) groups is 1. The van der Waals surface area contributed by atoms with E-state index in [0.29, 0.717) is 29.2 Å². The Bertz CT molecular complexity index is 815. The zero-order valence-corrected chi connectivity index (χ0v) is 16.2. The molecule has 0 amide bonds. The van der Waals surface area contributed by atoms with Crippen LogP contribution in [0, 0.1) is 5.92 Å². The number of benzene rings is 1. The van der Waals surface area contributed by atoms with Gasteiger partial charge in [-0.05, 0) is 49.7 Å². The molecule has 1 heterocycles. The molecule has 2 rings (SSSR count). The predicted octanol–water partition coefficient (Wildman–Crippen LogP) is 0.990. The van der Waals surface area contributed by atoms with Gasteiger partial charge in [0.1, 0.15) is 0 Å². The molecule has 0 radical (unpaired) electrons. The lowest BCUT2D eigenvalue weighted by Gasteiger charge is -2.29. The summed E-state index contributed by atoms with van der Waals surface area (Å²) in [7, 11) is -2.01. The zero-order valence-electron chi connectivity index (χ0n) is 14.6. The van der Waals surface area contributed by atoms with Crippen molar-refractivity contribution in [3.8, 4) is 0 Å².